The van der Waals surface area contributed by atoms with Gasteiger partial charge in [-0.15, -0.1) is 0 Å². The number of rotatable bonds is 4. The number of aromatic nitrogens is 2. The second-order valence-corrected chi connectivity index (χ2v) is 5.05. The molecule has 7 heteroatoms. The third kappa shape index (κ3) is 2.91. The topological polar surface area (TPSA) is 73.0 Å². The maximum Gasteiger partial charge on any atom is 0.288 e. The fourth-order valence-electron chi connectivity index (χ4n) is 2.01. The second kappa shape index (κ2) is 5.50. The predicted molar refractivity (Wildman–Crippen MR) is 78.1 cm³/mol. The van der Waals surface area contributed by atoms with Crippen LogP contribution in [0.1, 0.15) is 16.8 Å². The zero-order chi connectivity index (χ0) is 14.9. The Labute approximate surface area is 121 Å². The van der Waals surface area contributed by atoms with Crippen molar-refractivity contribution >= 4 is 23.0 Å². The molecule has 1 heterocycles. The average Bonchev–Trinajstić information content (AvgIpc) is 2.68. The molecule has 1 aromatic heterocycles. The maximum atomic E-state index is 10.8. The minimum Gasteiger partial charge on any atom is -0.381 e. The van der Waals surface area contributed by atoms with Crippen molar-refractivity contribution < 1.29 is 4.92 Å². The molecule has 0 saturated heterocycles. The third-order valence-electron chi connectivity index (χ3n) is 3.07. The highest BCUT2D eigenvalue weighted by atomic mass is 35.5. The third-order valence-corrected chi connectivity index (χ3v) is 3.38. The molecule has 0 bridgehead atoms. The number of aryl methyl sites for hydroxylation is 3. The van der Waals surface area contributed by atoms with Crippen LogP contribution < -0.4 is 5.32 Å². The number of nitro groups is 1. The number of anilines is 1. The Hall–Kier alpha value is -2.08. The van der Waals surface area contributed by atoms with Crippen LogP contribution in [0.4, 0.5) is 11.4 Å². The highest BCUT2D eigenvalue weighted by Gasteiger charge is 2.15. The molecule has 0 amide bonds. The Bertz CT molecular complexity index is 667. The molecule has 20 heavy (non-hydrogen) atoms. The van der Waals surface area contributed by atoms with Crippen molar-refractivity contribution in [3.63, 3.8) is 0 Å². The van der Waals surface area contributed by atoms with Crippen LogP contribution in [0.25, 0.3) is 0 Å². The summed E-state index contributed by atoms with van der Waals surface area (Å²) in [5, 5.41) is 18.4. The van der Waals surface area contributed by atoms with Crippen molar-refractivity contribution in [3.05, 3.63) is 50.3 Å². The van der Waals surface area contributed by atoms with Gasteiger partial charge in [-0.1, -0.05) is 11.6 Å². The van der Waals surface area contributed by atoms with Crippen molar-refractivity contribution in [1.29, 1.82) is 0 Å². The zero-order valence-electron chi connectivity index (χ0n) is 11.5. The Kier molecular flexibility index (Phi) is 3.94. The van der Waals surface area contributed by atoms with E-state index in [1.165, 1.54) is 6.07 Å². The van der Waals surface area contributed by atoms with E-state index >= 15 is 0 Å². The van der Waals surface area contributed by atoms with Gasteiger partial charge in [0.15, 0.2) is 0 Å². The van der Waals surface area contributed by atoms with Crippen LogP contribution in [-0.2, 0) is 13.6 Å². The first-order valence-corrected chi connectivity index (χ1v) is 6.44. The molecule has 0 aliphatic rings. The molecule has 0 fully saturated rings. The van der Waals surface area contributed by atoms with E-state index < -0.39 is 4.92 Å². The van der Waals surface area contributed by atoms with Crippen LogP contribution in [0.2, 0.25) is 5.02 Å². The monoisotopic (exact) mass is 294 g/mol. The van der Waals surface area contributed by atoms with Gasteiger partial charge < -0.3 is 5.32 Å². The maximum absolute atomic E-state index is 10.8. The molecule has 0 unspecified atom stereocenters. The lowest BCUT2D eigenvalue weighted by Crippen LogP contribution is -2.02. The quantitative estimate of drug-likeness (QED) is 0.694. The first-order chi connectivity index (χ1) is 9.38. The van der Waals surface area contributed by atoms with E-state index in [1.54, 1.807) is 10.7 Å². The van der Waals surface area contributed by atoms with Gasteiger partial charge in [-0.05, 0) is 25.5 Å². The number of hydrogen-bond acceptors (Lipinski definition) is 4. The Morgan fingerprint density at radius 3 is 2.70 bits per heavy atom. The average molecular weight is 295 g/mol. The molecule has 2 rings (SSSR count). The molecule has 2 aromatic rings. The summed E-state index contributed by atoms with van der Waals surface area (Å²) < 4.78 is 1.75. The van der Waals surface area contributed by atoms with Gasteiger partial charge in [0.05, 0.1) is 10.6 Å². The largest absolute Gasteiger partial charge is 0.381 e. The number of nitro benzene ring substituents is 1. The van der Waals surface area contributed by atoms with Crippen LogP contribution in [-0.4, -0.2) is 14.7 Å². The zero-order valence-corrected chi connectivity index (χ0v) is 12.2. The van der Waals surface area contributed by atoms with E-state index in [-0.39, 0.29) is 10.7 Å². The molecule has 106 valence electrons. The van der Waals surface area contributed by atoms with Gasteiger partial charge in [0.2, 0.25) is 0 Å². The second-order valence-electron chi connectivity index (χ2n) is 4.64. The summed E-state index contributed by atoms with van der Waals surface area (Å²) in [5.41, 5.74) is 3.51. The number of benzene rings is 1. The minimum absolute atomic E-state index is 0.0766. The van der Waals surface area contributed by atoms with E-state index in [0.29, 0.717) is 6.54 Å². The van der Waals surface area contributed by atoms with Crippen molar-refractivity contribution in [3.8, 4) is 0 Å². The minimum atomic E-state index is -0.482. The summed E-state index contributed by atoms with van der Waals surface area (Å²) in [6.45, 7) is 4.34. The number of nitrogens with one attached hydrogen (secondary N) is 1. The Morgan fingerprint density at radius 1 is 1.45 bits per heavy atom. The van der Waals surface area contributed by atoms with Gasteiger partial charge in [-0.2, -0.15) is 5.10 Å². The SMILES string of the molecule is Cc1cc([N+](=O)[O-])c(Cl)cc1NCc1cn(C)nc1C. The van der Waals surface area contributed by atoms with Crippen LogP contribution >= 0.6 is 11.6 Å². The lowest BCUT2D eigenvalue weighted by atomic mass is 10.1. The summed E-state index contributed by atoms with van der Waals surface area (Å²) in [6.07, 6.45) is 1.94. The van der Waals surface area contributed by atoms with Crippen molar-refractivity contribution in [2.75, 3.05) is 5.32 Å². The van der Waals surface area contributed by atoms with Gasteiger partial charge in [0.25, 0.3) is 5.69 Å². The van der Waals surface area contributed by atoms with E-state index in [1.807, 2.05) is 27.1 Å². The van der Waals surface area contributed by atoms with Crippen LogP contribution in [0.3, 0.4) is 0 Å². The van der Waals surface area contributed by atoms with Crippen LogP contribution in [0, 0.1) is 24.0 Å². The molecule has 0 aliphatic heterocycles. The molecular formula is C13H15ClN4O2. The number of hydrogen-bond donors (Lipinski definition) is 1. The molecule has 0 aliphatic carbocycles. The van der Waals surface area contributed by atoms with E-state index in [2.05, 4.69) is 10.4 Å². The molecule has 1 N–H and O–H groups in total. The van der Waals surface area contributed by atoms with Crippen LogP contribution in [0.15, 0.2) is 18.3 Å². The lowest BCUT2D eigenvalue weighted by molar-refractivity contribution is -0.384. The molecule has 0 atom stereocenters. The molecule has 1 aromatic carbocycles. The van der Waals surface area contributed by atoms with E-state index in [0.717, 1.165) is 22.5 Å². The fraction of sp³-hybridized carbons (Fsp3) is 0.308. The Morgan fingerprint density at radius 2 is 2.15 bits per heavy atom. The molecule has 0 spiro atoms. The molecule has 6 nitrogen and oxygen atoms in total. The van der Waals surface area contributed by atoms with Crippen LogP contribution in [0.5, 0.6) is 0 Å². The highest BCUT2D eigenvalue weighted by Crippen LogP contribution is 2.30. The van der Waals surface area contributed by atoms with Gasteiger partial charge in [0, 0.05) is 37.1 Å². The van der Waals surface area contributed by atoms with Gasteiger partial charge in [-0.3, -0.25) is 14.8 Å². The summed E-state index contributed by atoms with van der Waals surface area (Å²) in [6, 6.07) is 3.06. The van der Waals surface area contributed by atoms with E-state index in [9.17, 15) is 10.1 Å². The van der Waals surface area contributed by atoms with Crippen molar-refractivity contribution in [2.24, 2.45) is 7.05 Å². The van der Waals surface area contributed by atoms with Gasteiger partial charge in [0.1, 0.15) is 5.02 Å². The van der Waals surface area contributed by atoms with E-state index in [4.69, 9.17) is 11.6 Å². The number of halogens is 1. The summed E-state index contributed by atoms with van der Waals surface area (Å²) >= 11 is 5.92. The fourth-order valence-corrected chi connectivity index (χ4v) is 2.24. The smallest absolute Gasteiger partial charge is 0.288 e. The summed E-state index contributed by atoms with van der Waals surface area (Å²) in [4.78, 5) is 10.3. The first-order valence-electron chi connectivity index (χ1n) is 6.06. The normalized spacial score (nSPS) is 10.6. The molecule has 0 saturated carbocycles. The van der Waals surface area contributed by atoms with Crippen molar-refractivity contribution in [1.82, 2.24) is 9.78 Å². The summed E-state index contributed by atoms with van der Waals surface area (Å²) in [5.74, 6) is 0. The Balaban J connectivity index is 2.20. The molecular weight excluding hydrogens is 280 g/mol. The summed E-state index contributed by atoms with van der Waals surface area (Å²) in [7, 11) is 1.87. The molecule has 0 radical (unpaired) electrons. The number of nitrogens with zero attached hydrogens (tertiary/aromatic N) is 3. The van der Waals surface area contributed by atoms with Gasteiger partial charge >= 0.3 is 0 Å². The van der Waals surface area contributed by atoms with Crippen molar-refractivity contribution in [2.45, 2.75) is 20.4 Å². The standard InChI is InChI=1S/C13H15ClN4O2/c1-8-4-13(18(19)20)11(14)5-12(8)15-6-10-7-17(3)16-9(10)2/h4-5,7,15H,6H2,1-3H3. The predicted octanol–water partition coefficient (Wildman–Crippen LogP) is 3.21. The highest BCUT2D eigenvalue weighted by molar-refractivity contribution is 6.33. The lowest BCUT2D eigenvalue weighted by Gasteiger charge is -2.09. The van der Waals surface area contributed by atoms with Gasteiger partial charge in [-0.25, -0.2) is 0 Å². The first kappa shape index (κ1) is 14.3.